The molecule has 1 amide bonds. The number of phenolic OH excluding ortho intramolecular Hbond substituents is 1. The Morgan fingerprint density at radius 2 is 1.95 bits per heavy atom. The number of nitrogens with one attached hydrogen (secondary N) is 2. The van der Waals surface area contributed by atoms with E-state index in [9.17, 15) is 9.90 Å². The van der Waals surface area contributed by atoms with Crippen LogP contribution in [0, 0.1) is 0 Å². The topological polar surface area (TPSA) is 61.4 Å². The van der Waals surface area contributed by atoms with Gasteiger partial charge in [0.15, 0.2) is 0 Å². The van der Waals surface area contributed by atoms with Crippen molar-refractivity contribution in [2.24, 2.45) is 0 Å². The molecule has 0 aliphatic carbocycles. The van der Waals surface area contributed by atoms with Crippen molar-refractivity contribution >= 4 is 34.5 Å². The lowest BCUT2D eigenvalue weighted by molar-refractivity contribution is 0.0940. The van der Waals surface area contributed by atoms with E-state index in [1.54, 1.807) is 24.3 Å². The molecule has 4 nitrogen and oxygen atoms in total. The largest absolute Gasteiger partial charge is 0.507 e. The van der Waals surface area contributed by atoms with Crippen LogP contribution in [-0.4, -0.2) is 11.0 Å². The fraction of sp³-hybridized carbons (Fsp3) is 0. The smallest absolute Gasteiger partial charge is 0.273 e. The quantitative estimate of drug-likeness (QED) is 0.760. The highest BCUT2D eigenvalue weighted by Gasteiger charge is 2.10. The second-order valence-corrected chi connectivity index (χ2v) is 5.39. The van der Waals surface area contributed by atoms with Crippen LogP contribution in [0.25, 0.3) is 5.70 Å². The van der Waals surface area contributed by atoms with E-state index in [-0.39, 0.29) is 11.3 Å². The number of benzene rings is 1. The molecule has 3 N–H and O–H groups in total. The number of amides is 1. The van der Waals surface area contributed by atoms with Crippen molar-refractivity contribution in [1.82, 2.24) is 10.9 Å². The summed E-state index contributed by atoms with van der Waals surface area (Å²) in [6.07, 6.45) is 0. The number of hydrogen-bond acceptors (Lipinski definition) is 4. The Hall–Kier alpha value is -1.98. The molecule has 0 saturated heterocycles. The highest BCUT2D eigenvalue weighted by Crippen LogP contribution is 2.25. The monoisotopic (exact) mass is 294 g/mol. The van der Waals surface area contributed by atoms with E-state index >= 15 is 0 Å². The lowest BCUT2D eigenvalue weighted by atomic mass is 10.2. The molecule has 98 valence electrons. The van der Waals surface area contributed by atoms with Gasteiger partial charge in [0.25, 0.3) is 5.91 Å². The summed E-state index contributed by atoms with van der Waals surface area (Å²) in [5, 5.41) is 9.54. The average Bonchev–Trinajstić information content (AvgIpc) is 2.83. The molecule has 6 heteroatoms. The minimum Gasteiger partial charge on any atom is -0.507 e. The van der Waals surface area contributed by atoms with Gasteiger partial charge < -0.3 is 5.11 Å². The molecular formula is C13H11ClN2O2S. The number of thiophene rings is 1. The molecule has 1 aromatic carbocycles. The molecule has 19 heavy (non-hydrogen) atoms. The number of para-hydroxylation sites is 1. The molecule has 0 aliphatic heterocycles. The van der Waals surface area contributed by atoms with Gasteiger partial charge in [-0.2, -0.15) is 0 Å². The zero-order chi connectivity index (χ0) is 13.8. The lowest BCUT2D eigenvalue weighted by Crippen LogP contribution is -2.35. The Morgan fingerprint density at radius 3 is 2.58 bits per heavy atom. The third kappa shape index (κ3) is 3.27. The number of hydrazine groups is 1. The summed E-state index contributed by atoms with van der Waals surface area (Å²) < 4.78 is 0.644. The SMILES string of the molecule is C=C(NNC(=O)c1ccccc1O)c1ccc(Cl)s1. The molecule has 1 heterocycles. The Morgan fingerprint density at radius 1 is 1.21 bits per heavy atom. The Labute approximate surface area is 119 Å². The van der Waals surface area contributed by atoms with Crippen LogP contribution in [0.15, 0.2) is 43.0 Å². The Balaban J connectivity index is 1.98. The second-order valence-electron chi connectivity index (χ2n) is 3.68. The first-order chi connectivity index (χ1) is 9.08. The van der Waals surface area contributed by atoms with Gasteiger partial charge in [0.05, 0.1) is 20.5 Å². The van der Waals surface area contributed by atoms with Gasteiger partial charge in [-0.05, 0) is 24.3 Å². The minimum atomic E-state index is -0.443. The van der Waals surface area contributed by atoms with Crippen LogP contribution in [-0.2, 0) is 0 Å². The summed E-state index contributed by atoms with van der Waals surface area (Å²) in [6.45, 7) is 3.79. The van der Waals surface area contributed by atoms with Crippen LogP contribution in [0.5, 0.6) is 5.75 Å². The van der Waals surface area contributed by atoms with E-state index in [0.717, 1.165) is 4.88 Å². The molecule has 0 unspecified atom stereocenters. The molecule has 0 bridgehead atoms. The first kappa shape index (κ1) is 13.5. The van der Waals surface area contributed by atoms with Gasteiger partial charge >= 0.3 is 0 Å². The van der Waals surface area contributed by atoms with Crippen LogP contribution in [0.4, 0.5) is 0 Å². The molecule has 0 aliphatic rings. The first-order valence-electron chi connectivity index (χ1n) is 5.37. The van der Waals surface area contributed by atoms with Crippen molar-refractivity contribution in [2.75, 3.05) is 0 Å². The van der Waals surface area contributed by atoms with Crippen molar-refractivity contribution in [1.29, 1.82) is 0 Å². The zero-order valence-electron chi connectivity index (χ0n) is 9.81. The third-order valence-electron chi connectivity index (χ3n) is 2.35. The van der Waals surface area contributed by atoms with E-state index in [4.69, 9.17) is 11.6 Å². The summed E-state index contributed by atoms with van der Waals surface area (Å²) in [4.78, 5) is 12.6. The van der Waals surface area contributed by atoms with Crippen LogP contribution in [0.1, 0.15) is 15.2 Å². The van der Waals surface area contributed by atoms with Crippen LogP contribution >= 0.6 is 22.9 Å². The number of aromatic hydroxyl groups is 1. The van der Waals surface area contributed by atoms with Gasteiger partial charge in [0.1, 0.15) is 5.75 Å². The van der Waals surface area contributed by atoms with Gasteiger partial charge in [0.2, 0.25) is 0 Å². The molecule has 0 radical (unpaired) electrons. The fourth-order valence-corrected chi connectivity index (χ4v) is 2.37. The maximum absolute atomic E-state index is 11.8. The summed E-state index contributed by atoms with van der Waals surface area (Å²) in [5.74, 6) is -0.520. The number of carbonyl (C=O) groups excluding carboxylic acids is 1. The van der Waals surface area contributed by atoms with Crippen LogP contribution in [0.3, 0.4) is 0 Å². The van der Waals surface area contributed by atoms with E-state index < -0.39 is 5.91 Å². The Kier molecular flexibility index (Phi) is 4.09. The number of phenols is 1. The van der Waals surface area contributed by atoms with Crippen molar-refractivity contribution in [2.45, 2.75) is 0 Å². The minimum absolute atomic E-state index is 0.0772. The normalized spacial score (nSPS) is 9.95. The van der Waals surface area contributed by atoms with Crippen molar-refractivity contribution in [3.8, 4) is 5.75 Å². The standard InChI is InChI=1S/C13H11ClN2O2S/c1-8(11-6-7-12(14)19-11)15-16-13(18)9-4-2-3-5-10(9)17/h2-7,15,17H,1H2,(H,16,18). The predicted octanol–water partition coefficient (Wildman–Crippen LogP) is 3.01. The molecule has 1 aromatic heterocycles. The molecular weight excluding hydrogens is 284 g/mol. The number of carbonyl (C=O) groups is 1. The van der Waals surface area contributed by atoms with Crippen molar-refractivity contribution in [3.63, 3.8) is 0 Å². The molecule has 2 aromatic rings. The van der Waals surface area contributed by atoms with Gasteiger partial charge in [0, 0.05) is 0 Å². The molecule has 0 fully saturated rings. The van der Waals surface area contributed by atoms with Gasteiger partial charge in [-0.15, -0.1) is 11.3 Å². The maximum atomic E-state index is 11.8. The van der Waals surface area contributed by atoms with Crippen LogP contribution in [0.2, 0.25) is 4.34 Å². The van der Waals surface area contributed by atoms with Crippen molar-refractivity contribution in [3.05, 3.63) is 57.8 Å². The zero-order valence-corrected chi connectivity index (χ0v) is 11.4. The predicted molar refractivity (Wildman–Crippen MR) is 77.1 cm³/mol. The third-order valence-corrected chi connectivity index (χ3v) is 3.64. The van der Waals surface area contributed by atoms with Crippen molar-refractivity contribution < 1.29 is 9.90 Å². The first-order valence-corrected chi connectivity index (χ1v) is 6.56. The van der Waals surface area contributed by atoms with E-state index in [1.165, 1.54) is 23.5 Å². The molecule has 0 saturated carbocycles. The number of rotatable bonds is 4. The van der Waals surface area contributed by atoms with E-state index in [1.807, 2.05) is 0 Å². The van der Waals surface area contributed by atoms with E-state index in [0.29, 0.717) is 10.0 Å². The summed E-state index contributed by atoms with van der Waals surface area (Å²) >= 11 is 7.16. The summed E-state index contributed by atoms with van der Waals surface area (Å²) in [6, 6.07) is 9.84. The van der Waals surface area contributed by atoms with Gasteiger partial charge in [-0.1, -0.05) is 30.3 Å². The summed E-state index contributed by atoms with van der Waals surface area (Å²) in [7, 11) is 0. The van der Waals surface area contributed by atoms with Gasteiger partial charge in [-0.25, -0.2) is 0 Å². The molecule has 0 spiro atoms. The van der Waals surface area contributed by atoms with Crippen LogP contribution < -0.4 is 10.9 Å². The number of halogens is 1. The molecule has 0 atom stereocenters. The Bertz CT molecular complexity index is 625. The summed E-state index contributed by atoms with van der Waals surface area (Å²) in [5.41, 5.74) is 5.86. The highest BCUT2D eigenvalue weighted by molar-refractivity contribution is 7.17. The maximum Gasteiger partial charge on any atom is 0.273 e. The molecule has 2 rings (SSSR count). The lowest BCUT2D eigenvalue weighted by Gasteiger charge is -2.10. The van der Waals surface area contributed by atoms with E-state index in [2.05, 4.69) is 17.4 Å². The average molecular weight is 295 g/mol. The fourth-order valence-electron chi connectivity index (χ4n) is 1.40. The second kappa shape index (κ2) is 5.77. The number of hydrogen-bond donors (Lipinski definition) is 3. The van der Waals surface area contributed by atoms with Gasteiger partial charge in [-0.3, -0.25) is 15.6 Å². The highest BCUT2D eigenvalue weighted by atomic mass is 35.5.